The van der Waals surface area contributed by atoms with E-state index in [1.807, 2.05) is 38.1 Å². The monoisotopic (exact) mass is 326 g/mol. The Balaban J connectivity index is 2.25. The van der Waals surface area contributed by atoms with Crippen molar-refractivity contribution in [3.63, 3.8) is 0 Å². The highest BCUT2D eigenvalue weighted by molar-refractivity contribution is 6.08. The zero-order valence-corrected chi connectivity index (χ0v) is 14.4. The lowest BCUT2D eigenvalue weighted by molar-refractivity contribution is 0.104. The minimum Gasteiger partial charge on any atom is -0.497 e. The summed E-state index contributed by atoms with van der Waals surface area (Å²) in [5, 5.41) is 0. The van der Waals surface area contributed by atoms with Crippen molar-refractivity contribution in [1.82, 2.24) is 0 Å². The van der Waals surface area contributed by atoms with Crippen molar-refractivity contribution >= 4 is 11.9 Å². The van der Waals surface area contributed by atoms with Crippen LogP contribution < -0.4 is 14.2 Å². The van der Waals surface area contributed by atoms with Crippen LogP contribution in [0.2, 0.25) is 0 Å². The molecular formula is C20H22O4. The van der Waals surface area contributed by atoms with Crippen LogP contribution in [0.15, 0.2) is 48.5 Å². The highest BCUT2D eigenvalue weighted by Crippen LogP contribution is 2.26. The van der Waals surface area contributed by atoms with E-state index in [0.29, 0.717) is 17.1 Å². The number of carbonyl (C=O) groups is 1. The molecule has 2 rings (SSSR count). The topological polar surface area (TPSA) is 44.8 Å². The minimum absolute atomic E-state index is 0.0666. The first-order chi connectivity index (χ1) is 11.5. The van der Waals surface area contributed by atoms with E-state index in [2.05, 4.69) is 0 Å². The van der Waals surface area contributed by atoms with Gasteiger partial charge in [-0.1, -0.05) is 18.2 Å². The molecule has 2 aromatic carbocycles. The Kier molecular flexibility index (Phi) is 6.01. The number of hydrogen-bond acceptors (Lipinski definition) is 4. The number of rotatable bonds is 7. The lowest BCUT2D eigenvalue weighted by Gasteiger charge is -2.12. The molecule has 4 heteroatoms. The molecule has 0 N–H and O–H groups in total. The molecule has 4 nitrogen and oxygen atoms in total. The molecule has 0 aliphatic rings. The van der Waals surface area contributed by atoms with Gasteiger partial charge in [0.05, 0.1) is 25.9 Å². The Morgan fingerprint density at radius 1 is 1.00 bits per heavy atom. The smallest absolute Gasteiger partial charge is 0.189 e. The first-order valence-electron chi connectivity index (χ1n) is 7.75. The number of carbonyl (C=O) groups excluding carboxylic acids is 1. The molecule has 0 fully saturated rings. The maximum atomic E-state index is 12.5. The quantitative estimate of drug-likeness (QED) is 0.559. The Morgan fingerprint density at radius 2 is 1.75 bits per heavy atom. The lowest BCUT2D eigenvalue weighted by Crippen LogP contribution is -2.06. The van der Waals surface area contributed by atoms with Crippen LogP contribution >= 0.6 is 0 Å². The Labute approximate surface area is 142 Å². The zero-order chi connectivity index (χ0) is 17.5. The summed E-state index contributed by atoms with van der Waals surface area (Å²) >= 11 is 0. The van der Waals surface area contributed by atoms with E-state index < -0.39 is 0 Å². The highest BCUT2D eigenvalue weighted by atomic mass is 16.5. The van der Waals surface area contributed by atoms with Gasteiger partial charge in [-0.25, -0.2) is 0 Å². The Morgan fingerprint density at radius 3 is 2.42 bits per heavy atom. The van der Waals surface area contributed by atoms with Gasteiger partial charge in [0.25, 0.3) is 0 Å². The molecule has 0 aromatic heterocycles. The van der Waals surface area contributed by atoms with Gasteiger partial charge in [-0.2, -0.15) is 0 Å². The predicted molar refractivity (Wildman–Crippen MR) is 95.1 cm³/mol. The number of hydrogen-bond donors (Lipinski definition) is 0. The van der Waals surface area contributed by atoms with E-state index in [1.54, 1.807) is 31.4 Å². The highest BCUT2D eigenvalue weighted by Gasteiger charge is 2.11. The van der Waals surface area contributed by atoms with Gasteiger partial charge in [-0.05, 0) is 44.2 Å². The molecular weight excluding hydrogens is 304 g/mol. The van der Waals surface area contributed by atoms with Crippen LogP contribution in [0.25, 0.3) is 6.08 Å². The molecule has 0 aliphatic heterocycles. The van der Waals surface area contributed by atoms with Crippen molar-refractivity contribution in [3.05, 3.63) is 59.7 Å². The van der Waals surface area contributed by atoms with E-state index >= 15 is 0 Å². The van der Waals surface area contributed by atoms with Gasteiger partial charge in [-0.3, -0.25) is 4.79 Å². The summed E-state index contributed by atoms with van der Waals surface area (Å²) in [6, 6.07) is 12.7. The normalized spacial score (nSPS) is 10.9. The third-order valence-corrected chi connectivity index (χ3v) is 3.37. The van der Waals surface area contributed by atoms with Crippen LogP contribution in [0.1, 0.15) is 29.8 Å². The molecule has 0 saturated heterocycles. The van der Waals surface area contributed by atoms with Crippen LogP contribution in [0, 0.1) is 0 Å². The molecule has 0 atom stereocenters. The maximum Gasteiger partial charge on any atom is 0.189 e. The average molecular weight is 326 g/mol. The van der Waals surface area contributed by atoms with Crippen LogP contribution in [0.5, 0.6) is 17.2 Å². The van der Waals surface area contributed by atoms with Gasteiger partial charge in [0.2, 0.25) is 0 Å². The second-order valence-electron chi connectivity index (χ2n) is 5.47. The number of ether oxygens (including phenoxy) is 3. The van der Waals surface area contributed by atoms with Crippen molar-refractivity contribution < 1.29 is 19.0 Å². The number of para-hydroxylation sites is 1. The summed E-state index contributed by atoms with van der Waals surface area (Å²) < 4.78 is 16.2. The van der Waals surface area contributed by atoms with Crippen LogP contribution in [0.3, 0.4) is 0 Å². The maximum absolute atomic E-state index is 12.5. The van der Waals surface area contributed by atoms with Crippen molar-refractivity contribution in [2.45, 2.75) is 20.0 Å². The van der Waals surface area contributed by atoms with Crippen molar-refractivity contribution in [3.8, 4) is 17.2 Å². The zero-order valence-electron chi connectivity index (χ0n) is 14.4. The van der Waals surface area contributed by atoms with Crippen molar-refractivity contribution in [2.24, 2.45) is 0 Å². The largest absolute Gasteiger partial charge is 0.497 e. The summed E-state index contributed by atoms with van der Waals surface area (Å²) in [5.74, 6) is 1.73. The van der Waals surface area contributed by atoms with E-state index in [0.717, 1.165) is 11.3 Å². The van der Waals surface area contributed by atoms with Crippen molar-refractivity contribution in [2.75, 3.05) is 14.2 Å². The summed E-state index contributed by atoms with van der Waals surface area (Å²) in [5.41, 5.74) is 1.34. The van der Waals surface area contributed by atoms with Crippen molar-refractivity contribution in [1.29, 1.82) is 0 Å². The van der Waals surface area contributed by atoms with E-state index in [9.17, 15) is 4.79 Å². The van der Waals surface area contributed by atoms with Crippen LogP contribution in [-0.4, -0.2) is 26.1 Å². The molecule has 0 amide bonds. The fourth-order valence-electron chi connectivity index (χ4n) is 2.24. The van der Waals surface area contributed by atoms with E-state index in [1.165, 1.54) is 13.2 Å². The van der Waals surface area contributed by atoms with Gasteiger partial charge >= 0.3 is 0 Å². The van der Waals surface area contributed by atoms with Crippen LogP contribution in [-0.2, 0) is 0 Å². The first kappa shape index (κ1) is 17.6. The van der Waals surface area contributed by atoms with Gasteiger partial charge in [0, 0.05) is 11.6 Å². The summed E-state index contributed by atoms with van der Waals surface area (Å²) in [6.45, 7) is 3.93. The summed E-state index contributed by atoms with van der Waals surface area (Å²) in [7, 11) is 3.10. The third kappa shape index (κ3) is 4.38. The fraction of sp³-hybridized carbons (Fsp3) is 0.250. The van der Waals surface area contributed by atoms with Gasteiger partial charge in [0.15, 0.2) is 5.78 Å². The first-order valence-corrected chi connectivity index (χ1v) is 7.75. The third-order valence-electron chi connectivity index (χ3n) is 3.37. The molecule has 24 heavy (non-hydrogen) atoms. The molecule has 0 radical (unpaired) electrons. The SMILES string of the molecule is COc1ccc(C(=O)/C=C/c2ccccc2OC(C)C)c(OC)c1. The number of benzene rings is 2. The van der Waals surface area contributed by atoms with Gasteiger partial charge in [0.1, 0.15) is 17.2 Å². The number of ketones is 1. The molecule has 2 aromatic rings. The standard InChI is InChI=1S/C20H22O4/c1-14(2)24-19-8-6-5-7-15(19)9-12-18(21)17-11-10-16(22-3)13-20(17)23-4/h5-14H,1-4H3/b12-9+. The lowest BCUT2D eigenvalue weighted by atomic mass is 10.1. The van der Waals surface area contributed by atoms with E-state index in [4.69, 9.17) is 14.2 Å². The summed E-state index contributed by atoms with van der Waals surface area (Å²) in [6.07, 6.45) is 3.34. The number of methoxy groups -OCH3 is 2. The minimum atomic E-state index is -0.145. The molecule has 0 spiro atoms. The van der Waals surface area contributed by atoms with E-state index in [-0.39, 0.29) is 11.9 Å². The molecule has 0 heterocycles. The van der Waals surface area contributed by atoms with Gasteiger partial charge in [-0.15, -0.1) is 0 Å². The molecule has 0 unspecified atom stereocenters. The molecule has 0 aliphatic carbocycles. The predicted octanol–water partition coefficient (Wildman–Crippen LogP) is 4.39. The Bertz CT molecular complexity index is 732. The number of allylic oxidation sites excluding steroid dienone is 1. The summed E-state index contributed by atoms with van der Waals surface area (Å²) in [4.78, 5) is 12.5. The molecule has 126 valence electrons. The average Bonchev–Trinajstić information content (AvgIpc) is 2.59. The fourth-order valence-corrected chi connectivity index (χ4v) is 2.24. The molecule has 0 saturated carbocycles. The van der Waals surface area contributed by atoms with Gasteiger partial charge < -0.3 is 14.2 Å². The second kappa shape index (κ2) is 8.20. The molecule has 0 bridgehead atoms. The van der Waals surface area contributed by atoms with Crippen LogP contribution in [0.4, 0.5) is 0 Å². The Hall–Kier alpha value is -2.75. The second-order valence-corrected chi connectivity index (χ2v) is 5.47.